The lowest BCUT2D eigenvalue weighted by atomic mass is 10.0. The fourth-order valence-corrected chi connectivity index (χ4v) is 2.01. The van der Waals surface area contributed by atoms with Gasteiger partial charge < -0.3 is 0 Å². The van der Waals surface area contributed by atoms with Crippen molar-refractivity contribution in [3.05, 3.63) is 41.0 Å². The van der Waals surface area contributed by atoms with Crippen LogP contribution < -0.4 is 0 Å². The highest BCUT2D eigenvalue weighted by Crippen LogP contribution is 2.25. The summed E-state index contributed by atoms with van der Waals surface area (Å²) < 4.78 is 0. The molecule has 1 heteroatoms. The zero-order chi connectivity index (χ0) is 9.97. The fourth-order valence-electron chi connectivity index (χ4n) is 2.01. The number of carbonyl (C=O) groups is 1. The van der Waals surface area contributed by atoms with Crippen LogP contribution in [0.4, 0.5) is 0 Å². The lowest BCUT2D eigenvalue weighted by Gasteiger charge is -2.02. The summed E-state index contributed by atoms with van der Waals surface area (Å²) >= 11 is 0. The first-order chi connectivity index (χ1) is 6.77. The van der Waals surface area contributed by atoms with Gasteiger partial charge in [-0.25, -0.2) is 0 Å². The van der Waals surface area contributed by atoms with Gasteiger partial charge in [0.1, 0.15) is 0 Å². The molecule has 0 N–H and O–H groups in total. The van der Waals surface area contributed by atoms with Gasteiger partial charge in [-0.15, -0.1) is 0 Å². The highest BCUT2D eigenvalue weighted by atomic mass is 16.1. The van der Waals surface area contributed by atoms with Crippen LogP contribution in [-0.2, 0) is 17.6 Å². The molecule has 0 aromatic heterocycles. The van der Waals surface area contributed by atoms with Crippen LogP contribution in [0.5, 0.6) is 0 Å². The molecule has 1 aliphatic carbocycles. The Bertz CT molecular complexity index is 388. The zero-order valence-electron chi connectivity index (χ0n) is 8.42. The molecular weight excluding hydrogens is 172 g/mol. The lowest BCUT2D eigenvalue weighted by Crippen LogP contribution is -1.87. The number of ketones is 1. The SMILES string of the molecule is CC(=O)/C=C/c1cccc2c1CCC2. The summed E-state index contributed by atoms with van der Waals surface area (Å²) in [5.74, 6) is 0.112. The molecule has 0 heterocycles. The Kier molecular flexibility index (Phi) is 2.49. The van der Waals surface area contributed by atoms with E-state index in [-0.39, 0.29) is 5.78 Å². The number of fused-ring (bicyclic) bond motifs is 1. The van der Waals surface area contributed by atoms with Gasteiger partial charge in [-0.1, -0.05) is 24.3 Å². The third-order valence-electron chi connectivity index (χ3n) is 2.68. The zero-order valence-corrected chi connectivity index (χ0v) is 8.42. The van der Waals surface area contributed by atoms with Gasteiger partial charge in [-0.05, 0) is 49.0 Å². The average Bonchev–Trinajstić information content (AvgIpc) is 2.62. The number of carbonyl (C=O) groups excluding carboxylic acids is 1. The molecule has 2 rings (SSSR count). The molecule has 1 aromatic rings. The molecule has 0 unspecified atom stereocenters. The first kappa shape index (κ1) is 9.20. The normalized spacial score (nSPS) is 14.6. The van der Waals surface area contributed by atoms with Crippen LogP contribution >= 0.6 is 0 Å². The van der Waals surface area contributed by atoms with Gasteiger partial charge in [0.15, 0.2) is 5.78 Å². The molecule has 0 fully saturated rings. The molecule has 1 aromatic carbocycles. The molecule has 0 radical (unpaired) electrons. The summed E-state index contributed by atoms with van der Waals surface area (Å²) in [4.78, 5) is 10.8. The van der Waals surface area contributed by atoms with Gasteiger partial charge in [0.2, 0.25) is 0 Å². The van der Waals surface area contributed by atoms with Crippen LogP contribution in [0.1, 0.15) is 30.0 Å². The smallest absolute Gasteiger partial charge is 0.152 e. The van der Waals surface area contributed by atoms with Gasteiger partial charge in [0.25, 0.3) is 0 Å². The van der Waals surface area contributed by atoms with Crippen LogP contribution in [-0.4, -0.2) is 5.78 Å². The average molecular weight is 186 g/mol. The third-order valence-corrected chi connectivity index (χ3v) is 2.68. The highest BCUT2D eigenvalue weighted by Gasteiger charge is 2.12. The quantitative estimate of drug-likeness (QED) is 0.649. The Morgan fingerprint density at radius 3 is 3.00 bits per heavy atom. The number of allylic oxidation sites excluding steroid dienone is 1. The Morgan fingerprint density at radius 1 is 1.36 bits per heavy atom. The molecule has 0 saturated heterocycles. The molecule has 1 nitrogen and oxygen atoms in total. The van der Waals surface area contributed by atoms with E-state index in [9.17, 15) is 4.79 Å². The van der Waals surface area contributed by atoms with Crippen LogP contribution in [0.25, 0.3) is 6.08 Å². The maximum Gasteiger partial charge on any atom is 0.152 e. The molecular formula is C13H14O. The Hall–Kier alpha value is -1.37. The fraction of sp³-hybridized carbons (Fsp3) is 0.308. The number of rotatable bonds is 2. The largest absolute Gasteiger partial charge is 0.295 e. The molecule has 0 spiro atoms. The minimum Gasteiger partial charge on any atom is -0.295 e. The first-order valence-corrected chi connectivity index (χ1v) is 5.07. The van der Waals surface area contributed by atoms with Crippen molar-refractivity contribution in [3.63, 3.8) is 0 Å². The molecule has 1 aliphatic rings. The predicted octanol–water partition coefficient (Wildman–Crippen LogP) is 2.78. The molecule has 0 bridgehead atoms. The maximum atomic E-state index is 10.8. The van der Waals surface area contributed by atoms with Gasteiger partial charge in [-0.2, -0.15) is 0 Å². The topological polar surface area (TPSA) is 17.1 Å². The summed E-state index contributed by atoms with van der Waals surface area (Å²) in [5, 5.41) is 0. The van der Waals surface area contributed by atoms with Gasteiger partial charge >= 0.3 is 0 Å². The second-order valence-corrected chi connectivity index (χ2v) is 3.78. The second-order valence-electron chi connectivity index (χ2n) is 3.78. The van der Waals surface area contributed by atoms with E-state index in [1.807, 2.05) is 6.08 Å². The minimum absolute atomic E-state index is 0.112. The summed E-state index contributed by atoms with van der Waals surface area (Å²) in [6, 6.07) is 6.35. The van der Waals surface area contributed by atoms with Crippen molar-refractivity contribution in [3.8, 4) is 0 Å². The van der Waals surface area contributed by atoms with Crippen molar-refractivity contribution in [2.75, 3.05) is 0 Å². The van der Waals surface area contributed by atoms with E-state index in [0.717, 1.165) is 6.42 Å². The van der Waals surface area contributed by atoms with E-state index in [2.05, 4.69) is 18.2 Å². The summed E-state index contributed by atoms with van der Waals surface area (Å²) in [6.07, 6.45) is 7.19. The highest BCUT2D eigenvalue weighted by molar-refractivity contribution is 5.91. The van der Waals surface area contributed by atoms with Gasteiger partial charge in [-0.3, -0.25) is 4.79 Å². The van der Waals surface area contributed by atoms with E-state index in [1.54, 1.807) is 13.0 Å². The van der Waals surface area contributed by atoms with Crippen molar-refractivity contribution in [2.24, 2.45) is 0 Å². The van der Waals surface area contributed by atoms with Crippen molar-refractivity contribution >= 4 is 11.9 Å². The van der Waals surface area contributed by atoms with E-state index in [1.165, 1.54) is 29.5 Å². The van der Waals surface area contributed by atoms with Gasteiger partial charge in [0, 0.05) is 0 Å². The minimum atomic E-state index is 0.112. The van der Waals surface area contributed by atoms with Crippen LogP contribution in [0.15, 0.2) is 24.3 Å². The van der Waals surface area contributed by atoms with Crippen LogP contribution in [0.2, 0.25) is 0 Å². The van der Waals surface area contributed by atoms with Crippen molar-refractivity contribution in [1.29, 1.82) is 0 Å². The van der Waals surface area contributed by atoms with Crippen molar-refractivity contribution in [2.45, 2.75) is 26.2 Å². The summed E-state index contributed by atoms with van der Waals surface area (Å²) in [7, 11) is 0. The van der Waals surface area contributed by atoms with Gasteiger partial charge in [0.05, 0.1) is 0 Å². The van der Waals surface area contributed by atoms with Crippen LogP contribution in [0.3, 0.4) is 0 Å². The first-order valence-electron chi connectivity index (χ1n) is 5.07. The molecule has 14 heavy (non-hydrogen) atoms. The summed E-state index contributed by atoms with van der Waals surface area (Å²) in [6.45, 7) is 1.58. The third kappa shape index (κ3) is 1.77. The van der Waals surface area contributed by atoms with Crippen molar-refractivity contribution in [1.82, 2.24) is 0 Å². The van der Waals surface area contributed by atoms with E-state index < -0.39 is 0 Å². The number of benzene rings is 1. The number of hydrogen-bond acceptors (Lipinski definition) is 1. The second kappa shape index (κ2) is 3.79. The van der Waals surface area contributed by atoms with E-state index in [0.29, 0.717) is 0 Å². The predicted molar refractivity (Wildman–Crippen MR) is 58.2 cm³/mol. The molecule has 0 amide bonds. The molecule has 0 aliphatic heterocycles. The standard InChI is InChI=1S/C13H14O/c1-10(14)8-9-12-5-2-4-11-6-3-7-13(11)12/h2,4-5,8-9H,3,6-7H2,1H3/b9-8+. The number of hydrogen-bond donors (Lipinski definition) is 0. The number of aryl methyl sites for hydroxylation is 1. The Morgan fingerprint density at radius 2 is 2.21 bits per heavy atom. The maximum absolute atomic E-state index is 10.8. The van der Waals surface area contributed by atoms with E-state index in [4.69, 9.17) is 0 Å². The molecule has 0 saturated carbocycles. The monoisotopic (exact) mass is 186 g/mol. The molecule has 0 atom stereocenters. The Labute approximate surface area is 84.5 Å². The molecule has 72 valence electrons. The lowest BCUT2D eigenvalue weighted by molar-refractivity contribution is -0.112. The van der Waals surface area contributed by atoms with Crippen molar-refractivity contribution < 1.29 is 4.79 Å². The van der Waals surface area contributed by atoms with Crippen LogP contribution in [0, 0.1) is 0 Å². The summed E-state index contributed by atoms with van der Waals surface area (Å²) in [5.41, 5.74) is 4.11. The van der Waals surface area contributed by atoms with E-state index >= 15 is 0 Å². The Balaban J connectivity index is 2.35.